The molecule has 1 amide bonds. The van der Waals surface area contributed by atoms with Gasteiger partial charge >= 0.3 is 0 Å². The molecule has 0 spiro atoms. The standard InChI is InChI=1S/C19H17N3O4/c1-2-10-26-18-8-6-14(7-9-18)11-15(13-20)19(23)21-16-4-3-5-17(12-16)22(24)25/h3-9,11-12H,2,10H2,1H3,(H,21,23)/b15-11+. The topological polar surface area (TPSA) is 105 Å². The van der Waals surface area contributed by atoms with Gasteiger partial charge in [0.25, 0.3) is 11.6 Å². The third-order valence-corrected chi connectivity index (χ3v) is 3.34. The predicted octanol–water partition coefficient (Wildman–Crippen LogP) is 3.93. The second-order valence-corrected chi connectivity index (χ2v) is 5.35. The minimum atomic E-state index is -0.640. The third-order valence-electron chi connectivity index (χ3n) is 3.34. The highest BCUT2D eigenvalue weighted by Gasteiger charge is 2.12. The number of nitrogens with one attached hydrogen (secondary N) is 1. The zero-order chi connectivity index (χ0) is 18.9. The number of carbonyl (C=O) groups excluding carboxylic acids is 1. The van der Waals surface area contributed by atoms with Crippen molar-refractivity contribution in [2.75, 3.05) is 11.9 Å². The summed E-state index contributed by atoms with van der Waals surface area (Å²) in [6.45, 7) is 2.63. The molecule has 1 N–H and O–H groups in total. The van der Waals surface area contributed by atoms with Crippen molar-refractivity contribution < 1.29 is 14.5 Å². The molecule has 7 nitrogen and oxygen atoms in total. The molecule has 26 heavy (non-hydrogen) atoms. The Kier molecular flexibility index (Phi) is 6.46. The van der Waals surface area contributed by atoms with Gasteiger partial charge in [0.2, 0.25) is 0 Å². The van der Waals surface area contributed by atoms with E-state index in [0.29, 0.717) is 17.9 Å². The molecule has 0 radical (unpaired) electrons. The Morgan fingerprint density at radius 1 is 1.31 bits per heavy atom. The fraction of sp³-hybridized carbons (Fsp3) is 0.158. The van der Waals surface area contributed by atoms with E-state index in [9.17, 15) is 20.2 Å². The van der Waals surface area contributed by atoms with Crippen LogP contribution in [0.4, 0.5) is 11.4 Å². The van der Waals surface area contributed by atoms with E-state index in [2.05, 4.69) is 5.32 Å². The number of ether oxygens (including phenoxy) is 1. The Bertz CT molecular complexity index is 867. The molecule has 0 aromatic heterocycles. The van der Waals surface area contributed by atoms with Gasteiger partial charge in [-0.2, -0.15) is 5.26 Å². The number of benzene rings is 2. The number of nitro benzene ring substituents is 1. The zero-order valence-corrected chi connectivity index (χ0v) is 14.1. The van der Waals surface area contributed by atoms with Gasteiger partial charge in [0.1, 0.15) is 17.4 Å². The lowest BCUT2D eigenvalue weighted by Crippen LogP contribution is -2.13. The Hall–Kier alpha value is -3.66. The SMILES string of the molecule is CCCOc1ccc(/C=C(\C#N)C(=O)Nc2cccc([N+](=O)[O-])c2)cc1. The summed E-state index contributed by atoms with van der Waals surface area (Å²) in [4.78, 5) is 22.5. The van der Waals surface area contributed by atoms with Gasteiger partial charge in [0.15, 0.2) is 0 Å². The maximum atomic E-state index is 12.2. The van der Waals surface area contributed by atoms with Crippen molar-refractivity contribution in [2.45, 2.75) is 13.3 Å². The molecule has 2 rings (SSSR count). The lowest BCUT2D eigenvalue weighted by atomic mass is 10.1. The molecule has 0 saturated carbocycles. The highest BCUT2D eigenvalue weighted by Crippen LogP contribution is 2.19. The second-order valence-electron chi connectivity index (χ2n) is 5.35. The fourth-order valence-electron chi connectivity index (χ4n) is 2.09. The van der Waals surface area contributed by atoms with Crippen LogP contribution in [0.25, 0.3) is 6.08 Å². The predicted molar refractivity (Wildman–Crippen MR) is 97.5 cm³/mol. The van der Waals surface area contributed by atoms with E-state index >= 15 is 0 Å². The van der Waals surface area contributed by atoms with Gasteiger partial charge in [-0.15, -0.1) is 0 Å². The van der Waals surface area contributed by atoms with Crippen LogP contribution >= 0.6 is 0 Å². The lowest BCUT2D eigenvalue weighted by molar-refractivity contribution is -0.384. The molecule has 0 fully saturated rings. The van der Waals surface area contributed by atoms with Gasteiger partial charge < -0.3 is 10.1 Å². The molecular weight excluding hydrogens is 334 g/mol. The maximum absolute atomic E-state index is 12.2. The first-order valence-electron chi connectivity index (χ1n) is 7.94. The largest absolute Gasteiger partial charge is 0.494 e. The number of rotatable bonds is 7. The summed E-state index contributed by atoms with van der Waals surface area (Å²) in [5, 5.41) is 22.5. The Labute approximate surface area is 150 Å². The molecule has 0 bridgehead atoms. The van der Waals surface area contributed by atoms with E-state index in [0.717, 1.165) is 6.42 Å². The van der Waals surface area contributed by atoms with Crippen molar-refractivity contribution in [3.05, 3.63) is 69.8 Å². The van der Waals surface area contributed by atoms with Crippen molar-refractivity contribution in [3.63, 3.8) is 0 Å². The summed E-state index contributed by atoms with van der Waals surface area (Å²) in [5.74, 6) is 0.0721. The number of non-ortho nitro benzene ring substituents is 1. The molecule has 0 atom stereocenters. The number of hydrogen-bond acceptors (Lipinski definition) is 5. The Morgan fingerprint density at radius 2 is 2.04 bits per heavy atom. The summed E-state index contributed by atoms with van der Waals surface area (Å²) in [5.41, 5.74) is 0.653. The van der Waals surface area contributed by atoms with E-state index in [4.69, 9.17) is 4.74 Å². The molecule has 0 aliphatic rings. The normalized spacial score (nSPS) is 10.7. The van der Waals surface area contributed by atoms with Crippen LogP contribution in [0.3, 0.4) is 0 Å². The Balaban J connectivity index is 2.13. The van der Waals surface area contributed by atoms with Crippen molar-refractivity contribution in [1.29, 1.82) is 5.26 Å². The summed E-state index contributed by atoms with van der Waals surface area (Å²) >= 11 is 0. The quantitative estimate of drug-likeness (QED) is 0.352. The molecule has 2 aromatic carbocycles. The van der Waals surface area contributed by atoms with Crippen LogP contribution in [-0.2, 0) is 4.79 Å². The highest BCUT2D eigenvalue weighted by atomic mass is 16.6. The molecule has 132 valence electrons. The van der Waals surface area contributed by atoms with Crippen LogP contribution in [0.15, 0.2) is 54.1 Å². The monoisotopic (exact) mass is 351 g/mol. The van der Waals surface area contributed by atoms with E-state index in [1.807, 2.05) is 13.0 Å². The average molecular weight is 351 g/mol. The van der Waals surface area contributed by atoms with Gasteiger partial charge in [-0.1, -0.05) is 25.1 Å². The van der Waals surface area contributed by atoms with Crippen LogP contribution in [0.1, 0.15) is 18.9 Å². The molecule has 0 aliphatic heterocycles. The average Bonchev–Trinajstić information content (AvgIpc) is 2.65. The summed E-state index contributed by atoms with van der Waals surface area (Å²) in [6, 6.07) is 14.4. The van der Waals surface area contributed by atoms with Gasteiger partial charge in [-0.25, -0.2) is 0 Å². The van der Waals surface area contributed by atoms with Crippen molar-refractivity contribution in [3.8, 4) is 11.8 Å². The molecule has 0 aliphatic carbocycles. The third kappa shape index (κ3) is 5.18. The smallest absolute Gasteiger partial charge is 0.271 e. The molecule has 0 heterocycles. The molecule has 0 saturated heterocycles. The van der Waals surface area contributed by atoms with E-state index in [-0.39, 0.29) is 16.9 Å². The Morgan fingerprint density at radius 3 is 2.65 bits per heavy atom. The van der Waals surface area contributed by atoms with Crippen molar-refractivity contribution in [1.82, 2.24) is 0 Å². The summed E-state index contributed by atoms with van der Waals surface area (Å²) in [6.07, 6.45) is 2.34. The van der Waals surface area contributed by atoms with E-state index in [1.54, 1.807) is 24.3 Å². The van der Waals surface area contributed by atoms with Crippen LogP contribution in [0, 0.1) is 21.4 Å². The van der Waals surface area contributed by atoms with Crippen LogP contribution < -0.4 is 10.1 Å². The maximum Gasteiger partial charge on any atom is 0.271 e. The molecule has 2 aromatic rings. The highest BCUT2D eigenvalue weighted by molar-refractivity contribution is 6.09. The van der Waals surface area contributed by atoms with Crippen LogP contribution in [0.2, 0.25) is 0 Å². The molecule has 7 heteroatoms. The van der Waals surface area contributed by atoms with Gasteiger partial charge in [-0.05, 0) is 36.3 Å². The fourth-order valence-corrected chi connectivity index (χ4v) is 2.09. The first-order valence-corrected chi connectivity index (χ1v) is 7.94. The van der Waals surface area contributed by atoms with Crippen LogP contribution in [-0.4, -0.2) is 17.4 Å². The van der Waals surface area contributed by atoms with Gasteiger partial charge in [0.05, 0.1) is 11.5 Å². The number of anilines is 1. The van der Waals surface area contributed by atoms with Crippen LogP contribution in [0.5, 0.6) is 5.75 Å². The number of carbonyl (C=O) groups is 1. The minimum Gasteiger partial charge on any atom is -0.494 e. The number of hydrogen-bond donors (Lipinski definition) is 1. The minimum absolute atomic E-state index is 0.112. The lowest BCUT2D eigenvalue weighted by Gasteiger charge is -2.05. The second kappa shape index (κ2) is 8.99. The summed E-state index contributed by atoms with van der Waals surface area (Å²) < 4.78 is 5.48. The number of nitriles is 1. The van der Waals surface area contributed by atoms with Gasteiger partial charge in [-0.3, -0.25) is 14.9 Å². The first kappa shape index (κ1) is 18.7. The van der Waals surface area contributed by atoms with Gasteiger partial charge in [0, 0.05) is 17.8 Å². The summed E-state index contributed by atoms with van der Waals surface area (Å²) in [7, 11) is 0. The van der Waals surface area contributed by atoms with E-state index < -0.39 is 10.8 Å². The zero-order valence-electron chi connectivity index (χ0n) is 14.1. The molecular formula is C19H17N3O4. The number of amides is 1. The number of nitro groups is 1. The van der Waals surface area contributed by atoms with Crippen molar-refractivity contribution >= 4 is 23.4 Å². The molecule has 0 unspecified atom stereocenters. The first-order chi connectivity index (χ1) is 12.5. The van der Waals surface area contributed by atoms with Crippen molar-refractivity contribution in [2.24, 2.45) is 0 Å². The van der Waals surface area contributed by atoms with E-state index in [1.165, 1.54) is 30.3 Å². The number of nitrogens with zero attached hydrogens (tertiary/aromatic N) is 2.